The van der Waals surface area contributed by atoms with Crippen molar-refractivity contribution in [3.05, 3.63) is 29.8 Å². The lowest BCUT2D eigenvalue weighted by atomic mass is 9.85. The summed E-state index contributed by atoms with van der Waals surface area (Å²) in [6, 6.07) is 8.33. The molecule has 1 aliphatic rings. The first kappa shape index (κ1) is 20.0. The van der Waals surface area contributed by atoms with Crippen LogP contribution < -0.4 is 10.2 Å². The molecule has 1 saturated heterocycles. The number of benzene rings is 1. The van der Waals surface area contributed by atoms with Crippen molar-refractivity contribution in [3.8, 4) is 0 Å². The first-order valence-electron chi connectivity index (χ1n) is 8.56. The van der Waals surface area contributed by atoms with Gasteiger partial charge < -0.3 is 10.2 Å². The summed E-state index contributed by atoms with van der Waals surface area (Å²) in [7, 11) is 1.90. The Balaban J connectivity index is 0.00000264. The number of anilines is 1. The van der Waals surface area contributed by atoms with Gasteiger partial charge in [-0.1, -0.05) is 32.9 Å². The third-order valence-electron chi connectivity index (χ3n) is 4.93. The summed E-state index contributed by atoms with van der Waals surface area (Å²) in [4.78, 5) is 14.4. The van der Waals surface area contributed by atoms with Crippen LogP contribution in [0.3, 0.4) is 0 Å². The minimum atomic E-state index is 0. The molecule has 0 radical (unpaired) electrons. The predicted molar refractivity (Wildman–Crippen MR) is 101 cm³/mol. The Hall–Kier alpha value is -1.06. The molecule has 130 valence electrons. The summed E-state index contributed by atoms with van der Waals surface area (Å²) < 4.78 is 0. The first-order chi connectivity index (χ1) is 10.5. The predicted octanol–water partition coefficient (Wildman–Crippen LogP) is 4.22. The molecule has 2 unspecified atom stereocenters. The Bertz CT molecular complexity index is 498. The zero-order chi connectivity index (χ0) is 16.1. The molecule has 1 heterocycles. The molecule has 1 fully saturated rings. The molecule has 4 heteroatoms. The number of nitrogens with one attached hydrogen (secondary N) is 1. The highest BCUT2D eigenvalue weighted by Gasteiger charge is 2.23. The summed E-state index contributed by atoms with van der Waals surface area (Å²) in [5, 5.41) is 3.44. The Labute approximate surface area is 147 Å². The van der Waals surface area contributed by atoms with Crippen LogP contribution >= 0.6 is 12.4 Å². The molecule has 0 aromatic heterocycles. The average Bonchev–Trinajstić information content (AvgIpc) is 2.54. The van der Waals surface area contributed by atoms with E-state index >= 15 is 0 Å². The quantitative estimate of drug-likeness (QED) is 0.871. The minimum Gasteiger partial charge on any atom is -0.316 e. The average molecular weight is 339 g/mol. The molecular formula is C19H31ClN2O. The van der Waals surface area contributed by atoms with Gasteiger partial charge in [0.2, 0.25) is 5.91 Å². The van der Waals surface area contributed by atoms with Gasteiger partial charge >= 0.3 is 0 Å². The van der Waals surface area contributed by atoms with Crippen molar-refractivity contribution in [2.75, 3.05) is 25.0 Å². The second-order valence-corrected chi connectivity index (χ2v) is 6.99. The summed E-state index contributed by atoms with van der Waals surface area (Å²) in [5.41, 5.74) is 2.28. The Morgan fingerprint density at radius 3 is 2.70 bits per heavy atom. The molecule has 1 N–H and O–H groups in total. The molecular weight excluding hydrogens is 308 g/mol. The first-order valence-corrected chi connectivity index (χ1v) is 8.56. The molecule has 3 nitrogen and oxygen atoms in total. The van der Waals surface area contributed by atoms with E-state index in [0.717, 1.165) is 18.8 Å². The van der Waals surface area contributed by atoms with Gasteiger partial charge in [0.1, 0.15) is 0 Å². The zero-order valence-corrected chi connectivity index (χ0v) is 15.7. The third-order valence-corrected chi connectivity index (χ3v) is 4.93. The Morgan fingerprint density at radius 2 is 2.09 bits per heavy atom. The molecule has 1 amide bonds. The highest BCUT2D eigenvalue weighted by Crippen LogP contribution is 2.25. The van der Waals surface area contributed by atoms with E-state index in [-0.39, 0.29) is 18.3 Å². The smallest absolute Gasteiger partial charge is 0.226 e. The Morgan fingerprint density at radius 1 is 1.35 bits per heavy atom. The van der Waals surface area contributed by atoms with Gasteiger partial charge in [0.15, 0.2) is 0 Å². The van der Waals surface area contributed by atoms with Crippen LogP contribution in [0, 0.1) is 11.8 Å². The number of carbonyl (C=O) groups excluding carboxylic acids is 1. The fraction of sp³-hybridized carbons (Fsp3) is 0.632. The van der Waals surface area contributed by atoms with Gasteiger partial charge in [-0.25, -0.2) is 0 Å². The van der Waals surface area contributed by atoms with E-state index in [1.54, 1.807) is 0 Å². The lowest BCUT2D eigenvalue weighted by molar-refractivity contribution is -0.119. The van der Waals surface area contributed by atoms with E-state index in [9.17, 15) is 4.79 Å². The molecule has 0 spiro atoms. The van der Waals surface area contributed by atoms with Crippen LogP contribution in [0.1, 0.15) is 51.5 Å². The van der Waals surface area contributed by atoms with Crippen molar-refractivity contribution in [1.82, 2.24) is 5.32 Å². The van der Waals surface area contributed by atoms with Crippen LogP contribution in [0.4, 0.5) is 5.69 Å². The number of hydrogen-bond donors (Lipinski definition) is 1. The maximum atomic E-state index is 12.6. The molecule has 0 saturated carbocycles. The maximum absolute atomic E-state index is 12.6. The summed E-state index contributed by atoms with van der Waals surface area (Å²) in [6.07, 6.45) is 3.11. The van der Waals surface area contributed by atoms with Crippen LogP contribution in [-0.2, 0) is 4.79 Å². The number of hydrogen-bond acceptors (Lipinski definition) is 2. The molecule has 0 aliphatic carbocycles. The highest BCUT2D eigenvalue weighted by molar-refractivity contribution is 5.93. The molecule has 2 rings (SSSR count). The number of rotatable bonds is 5. The van der Waals surface area contributed by atoms with Crippen molar-refractivity contribution in [3.63, 3.8) is 0 Å². The van der Waals surface area contributed by atoms with Gasteiger partial charge in [-0.15, -0.1) is 12.4 Å². The van der Waals surface area contributed by atoms with Crippen LogP contribution in [0.25, 0.3) is 0 Å². The molecule has 1 aliphatic heterocycles. The fourth-order valence-corrected chi connectivity index (χ4v) is 3.18. The third kappa shape index (κ3) is 5.50. The number of carbonyl (C=O) groups is 1. The number of nitrogens with zero attached hydrogens (tertiary/aromatic N) is 1. The zero-order valence-electron chi connectivity index (χ0n) is 14.8. The van der Waals surface area contributed by atoms with Gasteiger partial charge in [0, 0.05) is 19.2 Å². The van der Waals surface area contributed by atoms with Gasteiger partial charge in [-0.2, -0.15) is 0 Å². The molecule has 1 aromatic rings. The molecule has 1 aromatic carbocycles. The number of amides is 1. The highest BCUT2D eigenvalue weighted by atomic mass is 35.5. The van der Waals surface area contributed by atoms with Crippen LogP contribution in [-0.4, -0.2) is 26.0 Å². The molecule has 0 bridgehead atoms. The largest absolute Gasteiger partial charge is 0.316 e. The van der Waals surface area contributed by atoms with E-state index in [2.05, 4.69) is 38.2 Å². The van der Waals surface area contributed by atoms with E-state index in [1.807, 2.05) is 24.1 Å². The van der Waals surface area contributed by atoms with E-state index in [4.69, 9.17) is 0 Å². The van der Waals surface area contributed by atoms with Gasteiger partial charge in [-0.3, -0.25) is 4.79 Å². The fourth-order valence-electron chi connectivity index (χ4n) is 3.18. The van der Waals surface area contributed by atoms with Gasteiger partial charge in [-0.05, 0) is 61.4 Å². The standard InChI is InChI=1S/C19H30N2O.ClH/c1-14(2)16-7-5-9-18(12-16)21(4)19(22)11-15(3)17-8-6-10-20-13-17;/h5,7,9,12,14-15,17,20H,6,8,10-11,13H2,1-4H3;1H. The lowest BCUT2D eigenvalue weighted by Crippen LogP contribution is -2.36. The van der Waals surface area contributed by atoms with Crippen molar-refractivity contribution in [1.29, 1.82) is 0 Å². The monoisotopic (exact) mass is 338 g/mol. The van der Waals surface area contributed by atoms with Gasteiger partial charge in [0.05, 0.1) is 0 Å². The Kier molecular flexibility index (Phi) is 8.07. The van der Waals surface area contributed by atoms with Crippen molar-refractivity contribution < 1.29 is 4.79 Å². The SMILES string of the molecule is CC(C)c1cccc(N(C)C(=O)CC(C)C2CCCNC2)c1.Cl. The lowest BCUT2D eigenvalue weighted by Gasteiger charge is -2.29. The van der Waals surface area contributed by atoms with E-state index < -0.39 is 0 Å². The minimum absolute atomic E-state index is 0. The molecule has 23 heavy (non-hydrogen) atoms. The van der Waals surface area contributed by atoms with Crippen molar-refractivity contribution >= 4 is 24.0 Å². The number of halogens is 1. The summed E-state index contributed by atoms with van der Waals surface area (Å²) >= 11 is 0. The number of piperidine rings is 1. The van der Waals surface area contributed by atoms with Crippen molar-refractivity contribution in [2.45, 2.75) is 46.0 Å². The van der Waals surface area contributed by atoms with Crippen molar-refractivity contribution in [2.24, 2.45) is 11.8 Å². The van der Waals surface area contributed by atoms with E-state index in [0.29, 0.717) is 24.2 Å². The molecule has 2 atom stereocenters. The van der Waals surface area contributed by atoms with Gasteiger partial charge in [0.25, 0.3) is 0 Å². The summed E-state index contributed by atoms with van der Waals surface area (Å²) in [6.45, 7) is 8.76. The van der Waals surface area contributed by atoms with Crippen LogP contribution in [0.2, 0.25) is 0 Å². The topological polar surface area (TPSA) is 32.3 Å². The second-order valence-electron chi connectivity index (χ2n) is 6.99. The van der Waals surface area contributed by atoms with Crippen LogP contribution in [0.5, 0.6) is 0 Å². The maximum Gasteiger partial charge on any atom is 0.226 e. The second kappa shape index (κ2) is 9.29. The van der Waals surface area contributed by atoms with E-state index in [1.165, 1.54) is 18.4 Å². The van der Waals surface area contributed by atoms with Crippen LogP contribution in [0.15, 0.2) is 24.3 Å². The normalized spacial score (nSPS) is 19.1. The summed E-state index contributed by atoms with van der Waals surface area (Å²) in [5.74, 6) is 1.78.